The molecule has 2 aromatic carbocycles. The van der Waals surface area contributed by atoms with Crippen LogP contribution in [0.2, 0.25) is 0 Å². The standard InChI is InChI=1S/C25H29N5O/c1-30-14-12-19(13-15-30)26-25(31)27-20-8-10-22-18(16-20)7-11-24(28-22)29-23-9-6-17-4-2-3-5-21(17)23/h2-5,7-8,10-11,16,19,23H,6,9,12-15H2,1H3,(H,28,29)(H2,26,27,31)/t23-/m1/s1. The molecule has 3 N–H and O–H groups in total. The fraction of sp³-hybridized carbons (Fsp3) is 0.360. The van der Waals surface area contributed by atoms with E-state index in [0.29, 0.717) is 6.04 Å². The quantitative estimate of drug-likeness (QED) is 0.585. The number of carbonyl (C=O) groups excluding carboxylic acids is 1. The predicted molar refractivity (Wildman–Crippen MR) is 126 cm³/mol. The van der Waals surface area contributed by atoms with Gasteiger partial charge in [0.25, 0.3) is 0 Å². The molecule has 0 bridgehead atoms. The van der Waals surface area contributed by atoms with Crippen molar-refractivity contribution in [1.29, 1.82) is 0 Å². The first kappa shape index (κ1) is 19.8. The lowest BCUT2D eigenvalue weighted by Gasteiger charge is -2.29. The molecule has 1 aliphatic carbocycles. The average Bonchev–Trinajstić information content (AvgIpc) is 3.18. The van der Waals surface area contributed by atoms with Crippen molar-refractivity contribution in [2.24, 2.45) is 0 Å². The van der Waals surface area contributed by atoms with Gasteiger partial charge >= 0.3 is 6.03 Å². The molecule has 3 aromatic rings. The number of carbonyl (C=O) groups is 1. The number of likely N-dealkylation sites (tertiary alicyclic amines) is 1. The van der Waals surface area contributed by atoms with Crippen LogP contribution >= 0.6 is 0 Å². The molecule has 2 heterocycles. The number of nitrogens with zero attached hydrogens (tertiary/aromatic N) is 2. The number of rotatable bonds is 4. The number of aryl methyl sites for hydroxylation is 1. The summed E-state index contributed by atoms with van der Waals surface area (Å²) in [6.45, 7) is 2.05. The molecule has 160 valence electrons. The number of fused-ring (bicyclic) bond motifs is 2. The Kier molecular flexibility index (Phi) is 5.47. The molecule has 31 heavy (non-hydrogen) atoms. The van der Waals surface area contributed by atoms with E-state index in [1.54, 1.807) is 0 Å². The summed E-state index contributed by atoms with van der Waals surface area (Å²) in [4.78, 5) is 19.5. The molecule has 1 aliphatic heterocycles. The Balaban J connectivity index is 1.23. The normalized spacial score (nSPS) is 19.2. The number of benzene rings is 2. The van der Waals surface area contributed by atoms with Crippen molar-refractivity contribution >= 4 is 28.4 Å². The van der Waals surface area contributed by atoms with Gasteiger partial charge in [-0.2, -0.15) is 0 Å². The molecule has 2 aliphatic rings. The van der Waals surface area contributed by atoms with Crippen molar-refractivity contribution in [2.45, 2.75) is 37.8 Å². The van der Waals surface area contributed by atoms with Gasteiger partial charge in [0, 0.05) is 17.1 Å². The smallest absolute Gasteiger partial charge is 0.319 e. The number of urea groups is 1. The van der Waals surface area contributed by atoms with Gasteiger partial charge in [-0.25, -0.2) is 9.78 Å². The average molecular weight is 416 g/mol. The fourth-order valence-corrected chi connectivity index (χ4v) is 4.67. The van der Waals surface area contributed by atoms with Crippen molar-refractivity contribution in [1.82, 2.24) is 15.2 Å². The summed E-state index contributed by atoms with van der Waals surface area (Å²) in [6, 6.07) is 19.0. The van der Waals surface area contributed by atoms with Crippen molar-refractivity contribution in [2.75, 3.05) is 30.8 Å². The Labute approximate surface area is 183 Å². The van der Waals surface area contributed by atoms with Crippen LogP contribution in [-0.2, 0) is 6.42 Å². The molecular weight excluding hydrogens is 386 g/mol. The summed E-state index contributed by atoms with van der Waals surface area (Å²) < 4.78 is 0. The Morgan fingerprint density at radius 3 is 2.74 bits per heavy atom. The van der Waals surface area contributed by atoms with Crippen LogP contribution in [0.25, 0.3) is 10.9 Å². The number of hydrogen-bond acceptors (Lipinski definition) is 4. The lowest BCUT2D eigenvalue weighted by Crippen LogP contribution is -2.44. The van der Waals surface area contributed by atoms with Crippen LogP contribution in [0.4, 0.5) is 16.3 Å². The van der Waals surface area contributed by atoms with Gasteiger partial charge in [0.05, 0.1) is 11.6 Å². The van der Waals surface area contributed by atoms with Crippen molar-refractivity contribution in [3.63, 3.8) is 0 Å². The lowest BCUT2D eigenvalue weighted by molar-refractivity contribution is 0.221. The largest absolute Gasteiger partial charge is 0.363 e. The number of anilines is 2. The SMILES string of the molecule is CN1CCC(NC(=O)Nc2ccc3nc(N[C@@H]4CCc5ccccc54)ccc3c2)CC1. The van der Waals surface area contributed by atoms with Gasteiger partial charge in [0.2, 0.25) is 0 Å². The molecule has 1 aromatic heterocycles. The number of nitrogens with one attached hydrogen (secondary N) is 3. The van der Waals surface area contributed by atoms with Crippen molar-refractivity contribution in [3.8, 4) is 0 Å². The number of pyridine rings is 1. The molecule has 0 unspecified atom stereocenters. The second kappa shape index (κ2) is 8.55. The summed E-state index contributed by atoms with van der Waals surface area (Å²) in [7, 11) is 2.12. The second-order valence-corrected chi connectivity index (χ2v) is 8.71. The highest BCUT2D eigenvalue weighted by molar-refractivity contribution is 5.93. The van der Waals surface area contributed by atoms with E-state index < -0.39 is 0 Å². The van der Waals surface area contributed by atoms with Gasteiger partial charge in [-0.1, -0.05) is 24.3 Å². The monoisotopic (exact) mass is 415 g/mol. The van der Waals surface area contributed by atoms with Gasteiger partial charge in [0.15, 0.2) is 0 Å². The molecule has 0 radical (unpaired) electrons. The summed E-state index contributed by atoms with van der Waals surface area (Å²) in [5.41, 5.74) is 4.50. The van der Waals surface area contributed by atoms with E-state index >= 15 is 0 Å². The van der Waals surface area contributed by atoms with Crippen LogP contribution in [-0.4, -0.2) is 42.1 Å². The van der Waals surface area contributed by atoms with Crippen LogP contribution < -0.4 is 16.0 Å². The summed E-state index contributed by atoms with van der Waals surface area (Å²) in [5.74, 6) is 0.884. The van der Waals surface area contributed by atoms with E-state index in [0.717, 1.165) is 61.2 Å². The Hall–Kier alpha value is -3.12. The first-order valence-corrected chi connectivity index (χ1v) is 11.2. The van der Waals surface area contributed by atoms with Crippen LogP contribution in [0.1, 0.15) is 36.4 Å². The summed E-state index contributed by atoms with van der Waals surface area (Å²) in [5, 5.41) is 10.7. The van der Waals surface area contributed by atoms with Crippen LogP contribution in [0.15, 0.2) is 54.6 Å². The van der Waals surface area contributed by atoms with Gasteiger partial charge < -0.3 is 20.9 Å². The van der Waals surface area contributed by atoms with Gasteiger partial charge in [-0.05, 0) is 87.3 Å². The minimum Gasteiger partial charge on any atom is -0.363 e. The van der Waals surface area contributed by atoms with E-state index in [-0.39, 0.29) is 12.1 Å². The molecule has 1 saturated heterocycles. The molecule has 1 atom stereocenters. The minimum atomic E-state index is -0.139. The number of hydrogen-bond donors (Lipinski definition) is 3. The highest BCUT2D eigenvalue weighted by atomic mass is 16.2. The Morgan fingerprint density at radius 1 is 1.03 bits per heavy atom. The van der Waals surface area contributed by atoms with Crippen molar-refractivity contribution < 1.29 is 4.79 Å². The highest BCUT2D eigenvalue weighted by Crippen LogP contribution is 2.33. The zero-order valence-electron chi connectivity index (χ0n) is 17.9. The third kappa shape index (κ3) is 4.49. The minimum absolute atomic E-state index is 0.139. The fourth-order valence-electron chi connectivity index (χ4n) is 4.67. The van der Waals surface area contributed by atoms with E-state index in [2.05, 4.69) is 58.2 Å². The molecule has 6 heteroatoms. The van der Waals surface area contributed by atoms with E-state index in [1.807, 2.05) is 24.3 Å². The third-order valence-electron chi connectivity index (χ3n) is 6.46. The molecule has 0 spiro atoms. The number of piperidine rings is 1. The first-order valence-electron chi connectivity index (χ1n) is 11.2. The van der Waals surface area contributed by atoms with E-state index in [1.165, 1.54) is 11.1 Å². The number of amides is 2. The second-order valence-electron chi connectivity index (χ2n) is 8.71. The topological polar surface area (TPSA) is 69.3 Å². The third-order valence-corrected chi connectivity index (χ3v) is 6.46. The van der Waals surface area contributed by atoms with Crippen LogP contribution in [0, 0.1) is 0 Å². The zero-order valence-corrected chi connectivity index (χ0v) is 17.9. The lowest BCUT2D eigenvalue weighted by atomic mass is 10.1. The summed E-state index contributed by atoms with van der Waals surface area (Å²) >= 11 is 0. The zero-order chi connectivity index (χ0) is 21.2. The molecule has 0 saturated carbocycles. The van der Waals surface area contributed by atoms with E-state index in [9.17, 15) is 4.79 Å². The molecular formula is C25H29N5O. The maximum atomic E-state index is 12.4. The number of aromatic nitrogens is 1. The van der Waals surface area contributed by atoms with Gasteiger partial charge in [0.1, 0.15) is 5.82 Å². The highest BCUT2D eigenvalue weighted by Gasteiger charge is 2.22. The Bertz CT molecular complexity index is 1090. The summed E-state index contributed by atoms with van der Waals surface area (Å²) in [6.07, 6.45) is 4.18. The van der Waals surface area contributed by atoms with Crippen LogP contribution in [0.3, 0.4) is 0 Å². The van der Waals surface area contributed by atoms with Gasteiger partial charge in [-0.3, -0.25) is 0 Å². The van der Waals surface area contributed by atoms with E-state index in [4.69, 9.17) is 4.98 Å². The molecule has 1 fully saturated rings. The maximum Gasteiger partial charge on any atom is 0.319 e. The van der Waals surface area contributed by atoms with Crippen LogP contribution in [0.5, 0.6) is 0 Å². The van der Waals surface area contributed by atoms with Crippen molar-refractivity contribution in [3.05, 3.63) is 65.7 Å². The van der Waals surface area contributed by atoms with Gasteiger partial charge in [-0.15, -0.1) is 0 Å². The first-order chi connectivity index (χ1) is 15.1. The maximum absolute atomic E-state index is 12.4. The molecule has 2 amide bonds. The predicted octanol–water partition coefficient (Wildman–Crippen LogP) is 4.55. The molecule has 5 rings (SSSR count). The Morgan fingerprint density at radius 2 is 1.87 bits per heavy atom. The molecule has 6 nitrogen and oxygen atoms in total.